The average molecular weight is 226 g/mol. The number of nitrogens with one attached hydrogen (secondary N) is 2. The molecule has 4 heteroatoms. The summed E-state index contributed by atoms with van der Waals surface area (Å²) in [5.41, 5.74) is 0.243. The van der Waals surface area contributed by atoms with Gasteiger partial charge in [0.15, 0.2) is 0 Å². The van der Waals surface area contributed by atoms with Crippen molar-refractivity contribution in [2.45, 2.75) is 25.3 Å². The third-order valence-electron chi connectivity index (χ3n) is 2.88. The van der Waals surface area contributed by atoms with E-state index in [1.54, 1.807) is 0 Å². The summed E-state index contributed by atoms with van der Waals surface area (Å²) >= 11 is 0. The quantitative estimate of drug-likeness (QED) is 0.827. The van der Waals surface area contributed by atoms with Gasteiger partial charge < -0.3 is 10.6 Å². The van der Waals surface area contributed by atoms with Gasteiger partial charge in [-0.3, -0.25) is 0 Å². The first-order valence-electron chi connectivity index (χ1n) is 5.68. The molecule has 2 N–H and O–H groups in total. The van der Waals surface area contributed by atoms with Crippen molar-refractivity contribution in [3.05, 3.63) is 29.8 Å². The summed E-state index contributed by atoms with van der Waals surface area (Å²) in [6, 6.07) is 3.82. The molecule has 1 aliphatic heterocycles. The Kier molecular flexibility index (Phi) is 3.72. The Balaban J connectivity index is 1.90. The zero-order valence-corrected chi connectivity index (χ0v) is 9.10. The van der Waals surface area contributed by atoms with Crippen LogP contribution in [0.1, 0.15) is 19.3 Å². The van der Waals surface area contributed by atoms with Crippen molar-refractivity contribution in [2.75, 3.05) is 18.4 Å². The second-order valence-electron chi connectivity index (χ2n) is 4.15. The number of rotatable bonds is 3. The van der Waals surface area contributed by atoms with Gasteiger partial charge in [-0.15, -0.1) is 0 Å². The van der Waals surface area contributed by atoms with E-state index < -0.39 is 11.6 Å². The Labute approximate surface area is 94.0 Å². The number of benzene rings is 1. The first-order chi connectivity index (χ1) is 7.75. The minimum Gasteiger partial charge on any atom is -0.381 e. The zero-order valence-electron chi connectivity index (χ0n) is 9.10. The van der Waals surface area contributed by atoms with Crippen molar-refractivity contribution in [3.63, 3.8) is 0 Å². The second kappa shape index (κ2) is 5.25. The first kappa shape index (κ1) is 11.3. The molecule has 1 heterocycles. The number of hydrogen-bond donors (Lipinski definition) is 2. The summed E-state index contributed by atoms with van der Waals surface area (Å²) in [7, 11) is 0. The van der Waals surface area contributed by atoms with Gasteiger partial charge in [0.1, 0.15) is 11.6 Å². The van der Waals surface area contributed by atoms with Gasteiger partial charge in [0.05, 0.1) is 5.69 Å². The standard InChI is InChI=1S/C12H16F2N2/c13-9-4-5-11(14)12(7-9)16-8-10-3-1-2-6-15-10/h4-5,7,10,15-16H,1-3,6,8H2. The third kappa shape index (κ3) is 2.92. The van der Waals surface area contributed by atoms with Crippen LogP contribution in [-0.2, 0) is 0 Å². The minimum atomic E-state index is -0.416. The molecule has 0 aromatic heterocycles. The molecule has 1 aromatic rings. The monoisotopic (exact) mass is 226 g/mol. The van der Waals surface area contributed by atoms with Crippen LogP contribution in [0.4, 0.5) is 14.5 Å². The summed E-state index contributed by atoms with van der Waals surface area (Å²) in [5.74, 6) is -0.822. The molecule has 16 heavy (non-hydrogen) atoms. The van der Waals surface area contributed by atoms with Gasteiger partial charge in [-0.1, -0.05) is 6.42 Å². The van der Waals surface area contributed by atoms with E-state index in [-0.39, 0.29) is 5.69 Å². The Morgan fingerprint density at radius 2 is 2.19 bits per heavy atom. The molecule has 0 spiro atoms. The average Bonchev–Trinajstić information content (AvgIpc) is 2.32. The van der Waals surface area contributed by atoms with Crippen molar-refractivity contribution >= 4 is 5.69 Å². The maximum atomic E-state index is 13.3. The normalized spacial score (nSPS) is 20.8. The predicted octanol–water partition coefficient (Wildman–Crippen LogP) is 2.52. The van der Waals surface area contributed by atoms with Crippen molar-refractivity contribution in [1.82, 2.24) is 5.32 Å². The van der Waals surface area contributed by atoms with Crippen LogP contribution in [0.3, 0.4) is 0 Å². The Morgan fingerprint density at radius 3 is 2.94 bits per heavy atom. The van der Waals surface area contributed by atoms with E-state index in [0.717, 1.165) is 25.1 Å². The Hall–Kier alpha value is -1.16. The fraction of sp³-hybridized carbons (Fsp3) is 0.500. The molecular weight excluding hydrogens is 210 g/mol. The van der Waals surface area contributed by atoms with Crippen LogP contribution in [0.2, 0.25) is 0 Å². The van der Waals surface area contributed by atoms with Gasteiger partial charge in [-0.05, 0) is 37.6 Å². The van der Waals surface area contributed by atoms with Gasteiger partial charge in [0, 0.05) is 12.6 Å². The molecule has 1 fully saturated rings. The van der Waals surface area contributed by atoms with Crippen LogP contribution >= 0.6 is 0 Å². The molecule has 2 rings (SSSR count). The molecule has 0 saturated carbocycles. The second-order valence-corrected chi connectivity index (χ2v) is 4.15. The smallest absolute Gasteiger partial charge is 0.146 e. The SMILES string of the molecule is Fc1ccc(F)c(NCC2CCCCN2)c1. The summed E-state index contributed by atoms with van der Waals surface area (Å²) in [4.78, 5) is 0. The predicted molar refractivity (Wildman–Crippen MR) is 60.5 cm³/mol. The van der Waals surface area contributed by atoms with Crippen LogP contribution in [0, 0.1) is 11.6 Å². The highest BCUT2D eigenvalue weighted by Crippen LogP contribution is 2.16. The van der Waals surface area contributed by atoms with Gasteiger partial charge in [0.25, 0.3) is 0 Å². The highest BCUT2D eigenvalue weighted by atomic mass is 19.1. The lowest BCUT2D eigenvalue weighted by Gasteiger charge is -2.24. The Morgan fingerprint density at radius 1 is 1.31 bits per heavy atom. The summed E-state index contributed by atoms with van der Waals surface area (Å²) in [6.45, 7) is 1.65. The molecule has 1 saturated heterocycles. The van der Waals surface area contributed by atoms with E-state index in [1.807, 2.05) is 0 Å². The van der Waals surface area contributed by atoms with Crippen LogP contribution in [0.5, 0.6) is 0 Å². The fourth-order valence-electron chi connectivity index (χ4n) is 1.96. The number of halogens is 2. The lowest BCUT2D eigenvalue weighted by Crippen LogP contribution is -2.39. The van der Waals surface area contributed by atoms with E-state index in [0.29, 0.717) is 12.6 Å². The topological polar surface area (TPSA) is 24.1 Å². The van der Waals surface area contributed by atoms with Crippen LogP contribution in [0.15, 0.2) is 18.2 Å². The lowest BCUT2D eigenvalue weighted by atomic mass is 10.1. The van der Waals surface area contributed by atoms with Crippen LogP contribution in [0.25, 0.3) is 0 Å². The van der Waals surface area contributed by atoms with Crippen molar-refractivity contribution in [3.8, 4) is 0 Å². The summed E-state index contributed by atoms with van der Waals surface area (Å²) < 4.78 is 26.2. The third-order valence-corrected chi connectivity index (χ3v) is 2.88. The molecule has 0 radical (unpaired) electrons. The largest absolute Gasteiger partial charge is 0.381 e. The van der Waals surface area contributed by atoms with Gasteiger partial charge in [0.2, 0.25) is 0 Å². The first-order valence-corrected chi connectivity index (χ1v) is 5.68. The molecule has 1 aliphatic rings. The molecule has 1 atom stereocenters. The Bertz CT molecular complexity index is 349. The van der Waals surface area contributed by atoms with E-state index in [9.17, 15) is 8.78 Å². The van der Waals surface area contributed by atoms with Gasteiger partial charge in [-0.2, -0.15) is 0 Å². The van der Waals surface area contributed by atoms with E-state index in [2.05, 4.69) is 10.6 Å². The molecule has 0 bridgehead atoms. The number of anilines is 1. The maximum absolute atomic E-state index is 13.3. The lowest BCUT2D eigenvalue weighted by molar-refractivity contribution is 0.413. The zero-order chi connectivity index (χ0) is 11.4. The molecular formula is C12H16F2N2. The maximum Gasteiger partial charge on any atom is 0.146 e. The van der Waals surface area contributed by atoms with Crippen molar-refractivity contribution < 1.29 is 8.78 Å². The number of piperidine rings is 1. The minimum absolute atomic E-state index is 0.243. The fourth-order valence-corrected chi connectivity index (χ4v) is 1.96. The molecule has 1 aromatic carbocycles. The van der Waals surface area contributed by atoms with E-state index in [1.165, 1.54) is 18.9 Å². The summed E-state index contributed by atoms with van der Waals surface area (Å²) in [5, 5.41) is 6.29. The van der Waals surface area contributed by atoms with E-state index >= 15 is 0 Å². The van der Waals surface area contributed by atoms with Crippen LogP contribution in [-0.4, -0.2) is 19.1 Å². The van der Waals surface area contributed by atoms with E-state index in [4.69, 9.17) is 0 Å². The van der Waals surface area contributed by atoms with Gasteiger partial charge in [-0.25, -0.2) is 8.78 Å². The molecule has 1 unspecified atom stereocenters. The summed E-state index contributed by atoms with van der Waals surface area (Å²) in [6.07, 6.45) is 3.49. The highest BCUT2D eigenvalue weighted by Gasteiger charge is 2.12. The molecule has 88 valence electrons. The van der Waals surface area contributed by atoms with Crippen LogP contribution < -0.4 is 10.6 Å². The molecule has 0 aliphatic carbocycles. The molecule has 2 nitrogen and oxygen atoms in total. The van der Waals surface area contributed by atoms with Crippen molar-refractivity contribution in [2.24, 2.45) is 0 Å². The van der Waals surface area contributed by atoms with Gasteiger partial charge >= 0.3 is 0 Å². The number of hydrogen-bond acceptors (Lipinski definition) is 2. The van der Waals surface area contributed by atoms with Crippen molar-refractivity contribution in [1.29, 1.82) is 0 Å². The molecule has 0 amide bonds. The highest BCUT2D eigenvalue weighted by molar-refractivity contribution is 5.44.